The zero-order valence-electron chi connectivity index (χ0n) is 8.64. The zero-order valence-corrected chi connectivity index (χ0v) is 10.2. The molecule has 0 aliphatic heterocycles. The minimum absolute atomic E-state index is 0.241. The molecule has 0 bridgehead atoms. The average molecular weight is 233 g/mol. The number of rotatable bonds is 5. The topological polar surface area (TPSA) is 38.0 Å². The van der Waals surface area contributed by atoms with Crippen molar-refractivity contribution in [3.8, 4) is 0 Å². The third kappa shape index (κ3) is 3.86. The van der Waals surface area contributed by atoms with E-state index in [1.807, 2.05) is 12.1 Å². The van der Waals surface area contributed by atoms with Gasteiger partial charge >= 0.3 is 0 Å². The molecule has 14 heavy (non-hydrogen) atoms. The lowest BCUT2D eigenvalue weighted by Crippen LogP contribution is -2.25. The SMILES string of the molecule is CC(C)(CCN)CNc1ccc(Cl)s1. The average Bonchev–Trinajstić information content (AvgIpc) is 2.48. The lowest BCUT2D eigenvalue weighted by molar-refractivity contribution is 0.365. The smallest absolute Gasteiger partial charge is 0.0950 e. The van der Waals surface area contributed by atoms with E-state index in [1.165, 1.54) is 0 Å². The summed E-state index contributed by atoms with van der Waals surface area (Å²) in [4.78, 5) is 0. The van der Waals surface area contributed by atoms with Gasteiger partial charge in [-0.1, -0.05) is 25.4 Å². The van der Waals surface area contributed by atoms with E-state index in [-0.39, 0.29) is 5.41 Å². The second-order valence-electron chi connectivity index (χ2n) is 4.16. The molecule has 1 aromatic heterocycles. The highest BCUT2D eigenvalue weighted by molar-refractivity contribution is 7.19. The van der Waals surface area contributed by atoms with Crippen LogP contribution in [0.15, 0.2) is 12.1 Å². The van der Waals surface area contributed by atoms with Crippen LogP contribution in [-0.4, -0.2) is 13.1 Å². The predicted molar refractivity (Wildman–Crippen MR) is 65.3 cm³/mol. The molecule has 3 N–H and O–H groups in total. The molecule has 0 amide bonds. The largest absolute Gasteiger partial charge is 0.376 e. The Bertz CT molecular complexity index is 283. The summed E-state index contributed by atoms with van der Waals surface area (Å²) < 4.78 is 0.823. The molecule has 0 spiro atoms. The highest BCUT2D eigenvalue weighted by atomic mass is 35.5. The van der Waals surface area contributed by atoms with Crippen molar-refractivity contribution >= 4 is 27.9 Å². The molecule has 80 valence electrons. The fraction of sp³-hybridized carbons (Fsp3) is 0.600. The quantitative estimate of drug-likeness (QED) is 0.819. The third-order valence-corrected chi connectivity index (χ3v) is 3.32. The molecule has 0 aliphatic carbocycles. The van der Waals surface area contributed by atoms with Crippen molar-refractivity contribution in [1.29, 1.82) is 0 Å². The van der Waals surface area contributed by atoms with E-state index in [4.69, 9.17) is 17.3 Å². The Morgan fingerprint density at radius 1 is 1.50 bits per heavy atom. The first kappa shape index (κ1) is 11.8. The number of thiophene rings is 1. The third-order valence-electron chi connectivity index (χ3n) is 2.14. The van der Waals surface area contributed by atoms with Crippen LogP contribution in [0.25, 0.3) is 0 Å². The standard InChI is InChI=1S/C10H17ClN2S/c1-10(2,5-6-12)7-13-9-4-3-8(11)14-9/h3-4,13H,5-7,12H2,1-2H3. The van der Waals surface area contributed by atoms with Crippen LogP contribution in [0.4, 0.5) is 5.00 Å². The van der Waals surface area contributed by atoms with E-state index in [9.17, 15) is 0 Å². The summed E-state index contributed by atoms with van der Waals surface area (Å²) in [6.45, 7) is 6.09. The number of hydrogen-bond acceptors (Lipinski definition) is 3. The second-order valence-corrected chi connectivity index (χ2v) is 5.88. The van der Waals surface area contributed by atoms with Gasteiger partial charge in [0.05, 0.1) is 9.34 Å². The van der Waals surface area contributed by atoms with E-state index >= 15 is 0 Å². The van der Waals surface area contributed by atoms with Crippen molar-refractivity contribution in [1.82, 2.24) is 0 Å². The number of anilines is 1. The fourth-order valence-corrected chi connectivity index (χ4v) is 2.15. The second kappa shape index (κ2) is 5.01. The van der Waals surface area contributed by atoms with E-state index < -0.39 is 0 Å². The Labute approximate surface area is 94.5 Å². The highest BCUT2D eigenvalue weighted by Crippen LogP contribution is 2.28. The maximum atomic E-state index is 5.83. The normalized spacial score (nSPS) is 11.7. The molecule has 1 aromatic rings. The summed E-state index contributed by atoms with van der Waals surface area (Å²) in [6.07, 6.45) is 1.03. The van der Waals surface area contributed by atoms with Gasteiger partial charge in [0.2, 0.25) is 0 Å². The van der Waals surface area contributed by atoms with Crippen LogP contribution in [0.5, 0.6) is 0 Å². The molecule has 0 radical (unpaired) electrons. The molecule has 0 saturated heterocycles. The molecule has 0 saturated carbocycles. The molecule has 0 unspecified atom stereocenters. The first-order chi connectivity index (χ1) is 6.53. The Kier molecular flexibility index (Phi) is 4.23. The summed E-state index contributed by atoms with van der Waals surface area (Å²) in [5.41, 5.74) is 5.78. The molecule has 0 aliphatic rings. The Morgan fingerprint density at radius 3 is 2.71 bits per heavy atom. The van der Waals surface area contributed by atoms with Crippen LogP contribution >= 0.6 is 22.9 Å². The van der Waals surface area contributed by atoms with Gasteiger partial charge in [-0.15, -0.1) is 11.3 Å². The van der Waals surface area contributed by atoms with E-state index in [0.29, 0.717) is 0 Å². The van der Waals surface area contributed by atoms with Crippen LogP contribution in [0, 0.1) is 5.41 Å². The van der Waals surface area contributed by atoms with Crippen molar-refractivity contribution < 1.29 is 0 Å². The maximum absolute atomic E-state index is 5.83. The minimum Gasteiger partial charge on any atom is -0.376 e. The Balaban J connectivity index is 2.40. The van der Waals surface area contributed by atoms with Crippen molar-refractivity contribution in [2.24, 2.45) is 11.1 Å². The van der Waals surface area contributed by atoms with E-state index in [2.05, 4.69) is 19.2 Å². The molecule has 2 nitrogen and oxygen atoms in total. The van der Waals surface area contributed by atoms with Crippen molar-refractivity contribution in [2.75, 3.05) is 18.4 Å². The van der Waals surface area contributed by atoms with Crippen LogP contribution in [0.3, 0.4) is 0 Å². The summed E-state index contributed by atoms with van der Waals surface area (Å²) in [7, 11) is 0. The molecular weight excluding hydrogens is 216 g/mol. The minimum atomic E-state index is 0.241. The predicted octanol–water partition coefficient (Wildman–Crippen LogP) is 3.19. The number of hydrogen-bond donors (Lipinski definition) is 2. The summed E-state index contributed by atoms with van der Waals surface area (Å²) in [5.74, 6) is 0. The van der Waals surface area contributed by atoms with Gasteiger partial charge in [0, 0.05) is 6.54 Å². The molecule has 0 aromatic carbocycles. The first-order valence-corrected chi connectivity index (χ1v) is 5.92. The number of nitrogens with two attached hydrogens (primary N) is 1. The van der Waals surface area contributed by atoms with Gasteiger partial charge in [-0.2, -0.15) is 0 Å². The van der Waals surface area contributed by atoms with Crippen LogP contribution < -0.4 is 11.1 Å². The lowest BCUT2D eigenvalue weighted by Gasteiger charge is -2.24. The van der Waals surface area contributed by atoms with Crippen molar-refractivity contribution in [3.05, 3.63) is 16.5 Å². The van der Waals surface area contributed by atoms with Crippen LogP contribution in [0.1, 0.15) is 20.3 Å². The van der Waals surface area contributed by atoms with Gasteiger partial charge in [-0.25, -0.2) is 0 Å². The summed E-state index contributed by atoms with van der Waals surface area (Å²) >= 11 is 7.40. The van der Waals surface area contributed by atoms with Crippen LogP contribution in [-0.2, 0) is 0 Å². The van der Waals surface area contributed by atoms with Gasteiger partial charge in [-0.05, 0) is 30.5 Å². The van der Waals surface area contributed by atoms with E-state index in [1.54, 1.807) is 11.3 Å². The number of nitrogens with one attached hydrogen (secondary N) is 1. The zero-order chi connectivity index (χ0) is 10.6. The van der Waals surface area contributed by atoms with Gasteiger partial charge in [0.1, 0.15) is 0 Å². The van der Waals surface area contributed by atoms with E-state index in [0.717, 1.165) is 28.8 Å². The monoisotopic (exact) mass is 232 g/mol. The molecule has 0 atom stereocenters. The van der Waals surface area contributed by atoms with Gasteiger partial charge in [0.15, 0.2) is 0 Å². The van der Waals surface area contributed by atoms with Gasteiger partial charge in [-0.3, -0.25) is 0 Å². The lowest BCUT2D eigenvalue weighted by atomic mass is 9.89. The first-order valence-electron chi connectivity index (χ1n) is 4.73. The molecule has 1 heterocycles. The molecule has 0 fully saturated rings. The van der Waals surface area contributed by atoms with Crippen molar-refractivity contribution in [2.45, 2.75) is 20.3 Å². The highest BCUT2D eigenvalue weighted by Gasteiger charge is 2.16. The number of halogens is 1. The summed E-state index contributed by atoms with van der Waals surface area (Å²) in [6, 6.07) is 3.91. The van der Waals surface area contributed by atoms with Gasteiger partial charge in [0.25, 0.3) is 0 Å². The molecule has 4 heteroatoms. The van der Waals surface area contributed by atoms with Crippen molar-refractivity contribution in [3.63, 3.8) is 0 Å². The summed E-state index contributed by atoms with van der Waals surface area (Å²) in [5, 5.41) is 4.49. The molecule has 1 rings (SSSR count). The molecular formula is C10H17ClN2S. The van der Waals surface area contributed by atoms with Crippen LogP contribution in [0.2, 0.25) is 4.34 Å². The van der Waals surface area contributed by atoms with Gasteiger partial charge < -0.3 is 11.1 Å². The maximum Gasteiger partial charge on any atom is 0.0950 e. The fourth-order valence-electron chi connectivity index (χ4n) is 1.21. The Hall–Kier alpha value is -0.250. The Morgan fingerprint density at radius 2 is 2.21 bits per heavy atom.